The third-order valence-electron chi connectivity index (χ3n) is 2.35. The average molecular weight is 304 g/mol. The summed E-state index contributed by atoms with van der Waals surface area (Å²) in [5, 5.41) is 21.1. The monoisotopic (exact) mass is 304 g/mol. The van der Waals surface area contributed by atoms with Crippen molar-refractivity contribution in [1.29, 1.82) is 0 Å². The van der Waals surface area contributed by atoms with Crippen molar-refractivity contribution < 1.29 is 9.90 Å². The lowest BCUT2D eigenvalue weighted by atomic mass is 10.2. The van der Waals surface area contributed by atoms with E-state index in [1.807, 2.05) is 25.9 Å². The van der Waals surface area contributed by atoms with E-state index in [4.69, 9.17) is 5.11 Å². The highest BCUT2D eigenvalue weighted by Gasteiger charge is 2.16. The van der Waals surface area contributed by atoms with Gasteiger partial charge >= 0.3 is 5.97 Å². The minimum atomic E-state index is -0.791. The first-order valence-corrected chi connectivity index (χ1v) is 7.94. The van der Waals surface area contributed by atoms with Crippen molar-refractivity contribution in [2.24, 2.45) is 0 Å². The van der Waals surface area contributed by atoms with Gasteiger partial charge in [0.2, 0.25) is 5.13 Å². The third kappa shape index (κ3) is 5.75. The summed E-state index contributed by atoms with van der Waals surface area (Å²) in [4.78, 5) is 12.9. The molecule has 1 unspecified atom stereocenters. The second kappa shape index (κ2) is 8.34. The minimum Gasteiger partial charge on any atom is -0.480 e. The first kappa shape index (κ1) is 16.2. The Balaban J connectivity index is 2.36. The predicted octanol–water partition coefficient (Wildman–Crippen LogP) is 1.54. The topological polar surface area (TPSA) is 78.4 Å². The summed E-state index contributed by atoms with van der Waals surface area (Å²) >= 11 is 3.07. The zero-order chi connectivity index (χ0) is 14.3. The van der Waals surface area contributed by atoms with Crippen LogP contribution in [0.1, 0.15) is 19.8 Å². The molecule has 0 aliphatic carbocycles. The zero-order valence-corrected chi connectivity index (χ0v) is 13.1. The van der Waals surface area contributed by atoms with Gasteiger partial charge < -0.3 is 15.3 Å². The van der Waals surface area contributed by atoms with Gasteiger partial charge in [-0.25, -0.2) is 0 Å². The maximum absolute atomic E-state index is 11.0. The van der Waals surface area contributed by atoms with E-state index in [0.717, 1.165) is 28.2 Å². The average Bonchev–Trinajstić information content (AvgIpc) is 2.82. The van der Waals surface area contributed by atoms with Crippen molar-refractivity contribution >= 4 is 34.2 Å². The summed E-state index contributed by atoms with van der Waals surface area (Å²) in [5.41, 5.74) is 0. The van der Waals surface area contributed by atoms with E-state index in [9.17, 15) is 4.79 Å². The lowest BCUT2D eigenvalue weighted by molar-refractivity contribution is -0.139. The van der Waals surface area contributed by atoms with Gasteiger partial charge in [-0.2, -0.15) is 0 Å². The SMILES string of the molecule is CCCNC(CCSc1nnc(N(C)C)s1)C(=O)O. The van der Waals surface area contributed by atoms with Gasteiger partial charge in [0.25, 0.3) is 0 Å². The molecule has 0 aromatic carbocycles. The fraction of sp³-hybridized carbons (Fsp3) is 0.727. The van der Waals surface area contributed by atoms with Crippen LogP contribution in [0.5, 0.6) is 0 Å². The molecule has 0 saturated carbocycles. The molecule has 1 aromatic rings. The number of nitrogens with one attached hydrogen (secondary N) is 1. The Hall–Kier alpha value is -0.860. The summed E-state index contributed by atoms with van der Waals surface area (Å²) < 4.78 is 0.878. The molecule has 0 saturated heterocycles. The molecule has 1 aromatic heterocycles. The molecule has 6 nitrogen and oxygen atoms in total. The Morgan fingerprint density at radius 2 is 2.26 bits per heavy atom. The summed E-state index contributed by atoms with van der Waals surface area (Å²) in [7, 11) is 3.84. The third-order valence-corrected chi connectivity index (χ3v) is 4.61. The molecule has 1 rings (SSSR count). The fourth-order valence-corrected chi connectivity index (χ4v) is 3.18. The molecule has 1 heterocycles. The van der Waals surface area contributed by atoms with Crippen LogP contribution in [0.15, 0.2) is 4.34 Å². The highest BCUT2D eigenvalue weighted by Crippen LogP contribution is 2.27. The number of hydrogen-bond acceptors (Lipinski definition) is 7. The van der Waals surface area contributed by atoms with Gasteiger partial charge in [-0.15, -0.1) is 10.2 Å². The van der Waals surface area contributed by atoms with Gasteiger partial charge in [0.1, 0.15) is 6.04 Å². The smallest absolute Gasteiger partial charge is 0.320 e. The van der Waals surface area contributed by atoms with Gasteiger partial charge in [0.15, 0.2) is 4.34 Å². The molecule has 1 atom stereocenters. The number of carboxylic acid groups (broad SMARTS) is 1. The van der Waals surface area contributed by atoms with Crippen LogP contribution in [0.3, 0.4) is 0 Å². The van der Waals surface area contributed by atoms with Gasteiger partial charge in [-0.1, -0.05) is 30.0 Å². The largest absolute Gasteiger partial charge is 0.480 e. The maximum Gasteiger partial charge on any atom is 0.320 e. The van der Waals surface area contributed by atoms with E-state index in [2.05, 4.69) is 15.5 Å². The lowest BCUT2D eigenvalue weighted by Crippen LogP contribution is -2.37. The molecule has 0 bridgehead atoms. The predicted molar refractivity (Wildman–Crippen MR) is 79.3 cm³/mol. The Bertz CT molecular complexity index is 398. The normalized spacial score (nSPS) is 12.4. The van der Waals surface area contributed by atoms with E-state index < -0.39 is 12.0 Å². The molecular weight excluding hydrogens is 284 g/mol. The van der Waals surface area contributed by atoms with Crippen LogP contribution < -0.4 is 10.2 Å². The highest BCUT2D eigenvalue weighted by atomic mass is 32.2. The molecule has 0 radical (unpaired) electrons. The van der Waals surface area contributed by atoms with Gasteiger partial charge in [0.05, 0.1) is 0 Å². The molecule has 0 amide bonds. The van der Waals surface area contributed by atoms with Crippen molar-refractivity contribution in [1.82, 2.24) is 15.5 Å². The number of aliphatic carboxylic acids is 1. The number of carboxylic acids is 1. The van der Waals surface area contributed by atoms with E-state index >= 15 is 0 Å². The Labute approximate surface area is 121 Å². The summed E-state index contributed by atoms with van der Waals surface area (Å²) in [5.74, 6) is -0.0734. The molecule has 0 aliphatic heterocycles. The standard InChI is InChI=1S/C11H20N4O2S2/c1-4-6-12-8(9(16)17)5-7-18-11-14-13-10(19-11)15(2)3/h8,12H,4-7H2,1-3H3,(H,16,17). The highest BCUT2D eigenvalue weighted by molar-refractivity contribution is 8.01. The molecular formula is C11H20N4O2S2. The number of rotatable bonds is 9. The number of carbonyl (C=O) groups is 1. The summed E-state index contributed by atoms with van der Waals surface area (Å²) in [6, 6.07) is -0.478. The molecule has 0 fully saturated rings. The lowest BCUT2D eigenvalue weighted by Gasteiger charge is -2.12. The summed E-state index contributed by atoms with van der Waals surface area (Å²) in [6.07, 6.45) is 1.51. The van der Waals surface area contributed by atoms with Gasteiger partial charge in [-0.3, -0.25) is 4.79 Å². The molecule has 0 aliphatic rings. The summed E-state index contributed by atoms with van der Waals surface area (Å²) in [6.45, 7) is 2.75. The van der Waals surface area contributed by atoms with Crippen LogP contribution in [-0.2, 0) is 4.79 Å². The van der Waals surface area contributed by atoms with E-state index in [0.29, 0.717) is 6.42 Å². The Morgan fingerprint density at radius 1 is 1.53 bits per heavy atom. The van der Waals surface area contributed by atoms with Gasteiger partial charge in [0, 0.05) is 19.8 Å². The molecule has 108 valence electrons. The van der Waals surface area contributed by atoms with Crippen molar-refractivity contribution in [3.63, 3.8) is 0 Å². The zero-order valence-electron chi connectivity index (χ0n) is 11.4. The van der Waals surface area contributed by atoms with Gasteiger partial charge in [-0.05, 0) is 19.4 Å². The van der Waals surface area contributed by atoms with Crippen molar-refractivity contribution in [2.45, 2.75) is 30.1 Å². The van der Waals surface area contributed by atoms with E-state index in [1.54, 1.807) is 11.8 Å². The number of aromatic nitrogens is 2. The molecule has 19 heavy (non-hydrogen) atoms. The first-order chi connectivity index (χ1) is 9.04. The van der Waals surface area contributed by atoms with Crippen LogP contribution in [0.25, 0.3) is 0 Å². The van der Waals surface area contributed by atoms with Crippen molar-refractivity contribution in [2.75, 3.05) is 31.3 Å². The second-order valence-corrected chi connectivity index (χ2v) is 6.53. The first-order valence-electron chi connectivity index (χ1n) is 6.14. The number of hydrogen-bond donors (Lipinski definition) is 2. The van der Waals surface area contributed by atoms with Crippen molar-refractivity contribution in [3.8, 4) is 0 Å². The molecule has 0 spiro atoms. The maximum atomic E-state index is 11.0. The Kier molecular flexibility index (Phi) is 7.11. The fourth-order valence-electron chi connectivity index (χ4n) is 1.34. The number of thioether (sulfide) groups is 1. The number of anilines is 1. The van der Waals surface area contributed by atoms with E-state index in [-0.39, 0.29) is 0 Å². The molecule has 8 heteroatoms. The minimum absolute atomic E-state index is 0.478. The van der Waals surface area contributed by atoms with Crippen LogP contribution in [-0.4, -0.2) is 53.7 Å². The molecule has 2 N–H and O–H groups in total. The van der Waals surface area contributed by atoms with Crippen LogP contribution in [0.4, 0.5) is 5.13 Å². The Morgan fingerprint density at radius 3 is 2.79 bits per heavy atom. The quantitative estimate of drug-likeness (QED) is 0.670. The second-order valence-electron chi connectivity index (χ2n) is 4.23. The van der Waals surface area contributed by atoms with E-state index in [1.165, 1.54) is 11.3 Å². The van der Waals surface area contributed by atoms with Crippen LogP contribution in [0.2, 0.25) is 0 Å². The number of nitrogens with zero attached hydrogens (tertiary/aromatic N) is 3. The van der Waals surface area contributed by atoms with Crippen LogP contribution in [0, 0.1) is 0 Å². The van der Waals surface area contributed by atoms with Crippen molar-refractivity contribution in [3.05, 3.63) is 0 Å². The van der Waals surface area contributed by atoms with Crippen LogP contribution >= 0.6 is 23.1 Å².